The molecule has 7 nitrogen and oxygen atoms in total. The number of aryl methyl sites for hydroxylation is 1. The Balaban J connectivity index is 1.50. The van der Waals surface area contributed by atoms with Gasteiger partial charge in [0.15, 0.2) is 11.5 Å². The van der Waals surface area contributed by atoms with E-state index in [0.717, 1.165) is 30.5 Å². The molecule has 1 aliphatic rings. The van der Waals surface area contributed by atoms with E-state index in [1.165, 1.54) is 0 Å². The number of hydrogen-bond donors (Lipinski definition) is 0. The summed E-state index contributed by atoms with van der Waals surface area (Å²) in [6.07, 6.45) is 1.81. The first kappa shape index (κ1) is 19.9. The Morgan fingerprint density at radius 1 is 1.10 bits per heavy atom. The highest BCUT2D eigenvalue weighted by molar-refractivity contribution is 5.94. The average Bonchev–Trinajstić information content (AvgIpc) is 3.29. The Morgan fingerprint density at radius 2 is 1.87 bits per heavy atom. The average molecular weight is 407 g/mol. The van der Waals surface area contributed by atoms with Gasteiger partial charge in [-0.05, 0) is 50.1 Å². The van der Waals surface area contributed by atoms with Gasteiger partial charge in [0.1, 0.15) is 0 Å². The normalized spacial score (nSPS) is 16.4. The molecular formula is C23H25N3O4. The second-order valence-corrected chi connectivity index (χ2v) is 7.48. The van der Waals surface area contributed by atoms with Gasteiger partial charge in [-0.3, -0.25) is 4.79 Å². The molecule has 0 saturated carbocycles. The van der Waals surface area contributed by atoms with E-state index in [0.29, 0.717) is 35.3 Å². The molecule has 1 aromatic heterocycles. The minimum Gasteiger partial charge on any atom is -0.493 e. The standard InChI is InChI=1S/C23H25N3O4/c1-15-6-8-16(9-7-15)23(27)26-12-4-5-18(14-26)22-24-21(25-30-22)17-10-11-19(28-2)20(13-17)29-3/h6-11,13,18H,4-5,12,14H2,1-3H3/t18-/m1/s1. The van der Waals surface area contributed by atoms with E-state index in [9.17, 15) is 4.79 Å². The molecule has 30 heavy (non-hydrogen) atoms. The predicted molar refractivity (Wildman–Crippen MR) is 112 cm³/mol. The number of rotatable bonds is 5. The fraction of sp³-hybridized carbons (Fsp3) is 0.348. The predicted octanol–water partition coefficient (Wildman–Crippen LogP) is 4.08. The molecule has 0 radical (unpaired) electrons. The topological polar surface area (TPSA) is 77.7 Å². The van der Waals surface area contributed by atoms with E-state index < -0.39 is 0 Å². The van der Waals surface area contributed by atoms with Crippen LogP contribution in [0.3, 0.4) is 0 Å². The molecule has 1 fully saturated rings. The molecule has 1 aliphatic heterocycles. The third kappa shape index (κ3) is 4.01. The maximum absolute atomic E-state index is 12.9. The molecule has 1 saturated heterocycles. The van der Waals surface area contributed by atoms with E-state index in [2.05, 4.69) is 10.1 Å². The Morgan fingerprint density at radius 3 is 2.60 bits per heavy atom. The number of amides is 1. The number of piperidine rings is 1. The summed E-state index contributed by atoms with van der Waals surface area (Å²) in [5.41, 5.74) is 2.63. The molecule has 2 aromatic carbocycles. The van der Waals surface area contributed by atoms with Crippen molar-refractivity contribution < 1.29 is 18.8 Å². The van der Waals surface area contributed by atoms with Crippen LogP contribution in [0.15, 0.2) is 47.0 Å². The summed E-state index contributed by atoms with van der Waals surface area (Å²) in [5.74, 6) is 2.36. The number of benzene rings is 2. The fourth-order valence-electron chi connectivity index (χ4n) is 3.74. The minimum atomic E-state index is 0.0227. The second kappa shape index (κ2) is 8.57. The number of methoxy groups -OCH3 is 2. The van der Waals surface area contributed by atoms with Gasteiger partial charge in [0.2, 0.25) is 11.7 Å². The zero-order valence-electron chi connectivity index (χ0n) is 17.4. The van der Waals surface area contributed by atoms with E-state index in [1.54, 1.807) is 14.2 Å². The van der Waals surface area contributed by atoms with Crippen LogP contribution in [0.5, 0.6) is 11.5 Å². The molecule has 2 heterocycles. The summed E-state index contributed by atoms with van der Waals surface area (Å²) in [6.45, 7) is 3.32. The van der Waals surface area contributed by atoms with Crippen LogP contribution >= 0.6 is 0 Å². The first-order chi connectivity index (χ1) is 14.6. The highest BCUT2D eigenvalue weighted by Crippen LogP contribution is 2.33. The summed E-state index contributed by atoms with van der Waals surface area (Å²) in [7, 11) is 3.18. The molecule has 1 amide bonds. The van der Waals surface area contributed by atoms with Crippen molar-refractivity contribution in [3.8, 4) is 22.9 Å². The largest absolute Gasteiger partial charge is 0.493 e. The summed E-state index contributed by atoms with van der Waals surface area (Å²) >= 11 is 0. The van der Waals surface area contributed by atoms with Gasteiger partial charge >= 0.3 is 0 Å². The monoisotopic (exact) mass is 407 g/mol. The zero-order chi connectivity index (χ0) is 21.1. The zero-order valence-corrected chi connectivity index (χ0v) is 17.4. The van der Waals surface area contributed by atoms with Crippen LogP contribution in [0.2, 0.25) is 0 Å². The van der Waals surface area contributed by atoms with E-state index >= 15 is 0 Å². The van der Waals surface area contributed by atoms with Crippen molar-refractivity contribution in [1.82, 2.24) is 15.0 Å². The van der Waals surface area contributed by atoms with Gasteiger partial charge in [0, 0.05) is 24.2 Å². The van der Waals surface area contributed by atoms with Crippen LogP contribution in [0.4, 0.5) is 0 Å². The maximum atomic E-state index is 12.9. The number of likely N-dealkylation sites (tertiary alicyclic amines) is 1. The molecule has 0 spiro atoms. The highest BCUT2D eigenvalue weighted by Gasteiger charge is 2.29. The van der Waals surface area contributed by atoms with Crippen molar-refractivity contribution in [3.63, 3.8) is 0 Å². The molecule has 7 heteroatoms. The van der Waals surface area contributed by atoms with Crippen molar-refractivity contribution >= 4 is 5.91 Å². The lowest BCUT2D eigenvalue weighted by molar-refractivity contribution is 0.0695. The van der Waals surface area contributed by atoms with Crippen molar-refractivity contribution in [2.24, 2.45) is 0 Å². The molecule has 0 bridgehead atoms. The van der Waals surface area contributed by atoms with Crippen molar-refractivity contribution in [1.29, 1.82) is 0 Å². The van der Waals surface area contributed by atoms with E-state index in [1.807, 2.05) is 54.3 Å². The van der Waals surface area contributed by atoms with Gasteiger partial charge in [0.05, 0.1) is 20.1 Å². The van der Waals surface area contributed by atoms with Crippen LogP contribution in [-0.4, -0.2) is 48.3 Å². The number of aromatic nitrogens is 2. The Kier molecular flexibility index (Phi) is 5.70. The number of carbonyl (C=O) groups excluding carboxylic acids is 1. The van der Waals surface area contributed by atoms with Crippen LogP contribution in [0.1, 0.15) is 40.6 Å². The van der Waals surface area contributed by atoms with Crippen LogP contribution in [0, 0.1) is 6.92 Å². The van der Waals surface area contributed by atoms with Gasteiger partial charge in [-0.25, -0.2) is 0 Å². The quantitative estimate of drug-likeness (QED) is 0.634. The third-order valence-electron chi connectivity index (χ3n) is 5.44. The Labute approximate surface area is 175 Å². The minimum absolute atomic E-state index is 0.0227. The van der Waals surface area contributed by atoms with Gasteiger partial charge in [-0.1, -0.05) is 22.9 Å². The Hall–Kier alpha value is -3.35. The molecule has 156 valence electrons. The molecule has 0 aliphatic carbocycles. The Bertz CT molecular complexity index is 1030. The lowest BCUT2D eigenvalue weighted by Gasteiger charge is -2.31. The molecule has 4 rings (SSSR count). The summed E-state index contributed by atoms with van der Waals surface area (Å²) < 4.78 is 16.2. The number of ether oxygens (including phenoxy) is 2. The van der Waals surface area contributed by atoms with Gasteiger partial charge in [-0.15, -0.1) is 0 Å². The fourth-order valence-corrected chi connectivity index (χ4v) is 3.74. The van der Waals surface area contributed by atoms with Gasteiger partial charge < -0.3 is 18.9 Å². The molecule has 1 atom stereocenters. The van der Waals surface area contributed by atoms with Crippen LogP contribution in [0.25, 0.3) is 11.4 Å². The summed E-state index contributed by atoms with van der Waals surface area (Å²) in [5, 5.41) is 4.14. The number of nitrogens with zero attached hydrogens (tertiary/aromatic N) is 3. The smallest absolute Gasteiger partial charge is 0.253 e. The van der Waals surface area contributed by atoms with Crippen LogP contribution < -0.4 is 9.47 Å². The van der Waals surface area contributed by atoms with E-state index in [4.69, 9.17) is 14.0 Å². The van der Waals surface area contributed by atoms with Crippen molar-refractivity contribution in [2.45, 2.75) is 25.7 Å². The second-order valence-electron chi connectivity index (χ2n) is 7.48. The summed E-state index contributed by atoms with van der Waals surface area (Å²) in [4.78, 5) is 19.4. The number of hydrogen-bond acceptors (Lipinski definition) is 6. The highest BCUT2D eigenvalue weighted by atomic mass is 16.5. The molecule has 0 unspecified atom stereocenters. The first-order valence-corrected chi connectivity index (χ1v) is 10.0. The lowest BCUT2D eigenvalue weighted by atomic mass is 9.97. The maximum Gasteiger partial charge on any atom is 0.253 e. The van der Waals surface area contributed by atoms with Gasteiger partial charge in [-0.2, -0.15) is 4.98 Å². The van der Waals surface area contributed by atoms with Gasteiger partial charge in [0.25, 0.3) is 5.91 Å². The molecular weight excluding hydrogens is 382 g/mol. The SMILES string of the molecule is COc1ccc(-c2noc([C@@H]3CCCN(C(=O)c4ccc(C)cc4)C3)n2)cc1OC. The molecule has 0 N–H and O–H groups in total. The van der Waals surface area contributed by atoms with Crippen molar-refractivity contribution in [3.05, 3.63) is 59.5 Å². The first-order valence-electron chi connectivity index (χ1n) is 10.0. The van der Waals surface area contributed by atoms with E-state index in [-0.39, 0.29) is 11.8 Å². The van der Waals surface area contributed by atoms with Crippen LogP contribution in [-0.2, 0) is 0 Å². The lowest BCUT2D eigenvalue weighted by Crippen LogP contribution is -2.39. The summed E-state index contributed by atoms with van der Waals surface area (Å²) in [6, 6.07) is 13.2. The number of carbonyl (C=O) groups is 1. The third-order valence-corrected chi connectivity index (χ3v) is 5.44. The van der Waals surface area contributed by atoms with Crippen molar-refractivity contribution in [2.75, 3.05) is 27.3 Å². The molecule has 3 aromatic rings.